The van der Waals surface area contributed by atoms with Crippen LogP contribution in [-0.4, -0.2) is 86.8 Å². The Morgan fingerprint density at radius 2 is 1.29 bits per heavy atom. The first-order chi connectivity index (χ1) is 16.2. The Bertz CT molecular complexity index is 645. The highest BCUT2D eigenvalue weighted by molar-refractivity contribution is 5.74. The van der Waals surface area contributed by atoms with Gasteiger partial charge in [-0.25, -0.2) is 9.59 Å². The van der Waals surface area contributed by atoms with Gasteiger partial charge in [0, 0.05) is 25.7 Å². The van der Waals surface area contributed by atoms with Crippen LogP contribution in [0.4, 0.5) is 9.59 Å². The highest BCUT2D eigenvalue weighted by Gasteiger charge is 2.41. The Kier molecular flexibility index (Phi) is 10.3. The third kappa shape index (κ3) is 9.61. The minimum absolute atomic E-state index is 0.0393. The van der Waals surface area contributed by atoms with E-state index >= 15 is 0 Å². The first kappa shape index (κ1) is 27.1. The molecule has 4 N–H and O–H groups in total. The van der Waals surface area contributed by atoms with Gasteiger partial charge in [-0.15, -0.1) is 0 Å². The Hall–Kier alpha value is -1.54. The monoisotopic (exact) mass is 478 g/mol. The topological polar surface area (TPSA) is 88.7 Å². The summed E-state index contributed by atoms with van der Waals surface area (Å²) in [5, 5.41) is 12.4. The van der Waals surface area contributed by atoms with E-state index in [1.165, 1.54) is 51.9 Å². The fourth-order valence-corrected chi connectivity index (χ4v) is 6.48. The molecule has 2 saturated heterocycles. The van der Waals surface area contributed by atoms with Crippen LogP contribution in [-0.2, 0) is 0 Å². The third-order valence-electron chi connectivity index (χ3n) is 7.73. The summed E-state index contributed by atoms with van der Waals surface area (Å²) in [5.74, 6) is 0. The molecule has 3 rings (SSSR count). The van der Waals surface area contributed by atoms with E-state index in [-0.39, 0.29) is 28.9 Å². The van der Waals surface area contributed by atoms with Crippen LogP contribution in [0.15, 0.2) is 0 Å². The van der Waals surface area contributed by atoms with E-state index in [9.17, 15) is 9.59 Å². The summed E-state index contributed by atoms with van der Waals surface area (Å²) < 4.78 is 0. The van der Waals surface area contributed by atoms with E-state index in [2.05, 4.69) is 51.8 Å². The van der Waals surface area contributed by atoms with Crippen LogP contribution < -0.4 is 21.3 Å². The Morgan fingerprint density at radius 1 is 0.765 bits per heavy atom. The lowest BCUT2D eigenvalue weighted by Crippen LogP contribution is -2.53. The van der Waals surface area contributed by atoms with Gasteiger partial charge in [0.15, 0.2) is 0 Å². The third-order valence-corrected chi connectivity index (χ3v) is 7.73. The highest BCUT2D eigenvalue weighted by Crippen LogP contribution is 2.45. The highest BCUT2D eigenvalue weighted by atomic mass is 16.2. The Balaban J connectivity index is 1.33. The van der Waals surface area contributed by atoms with Crippen LogP contribution in [0, 0.1) is 10.8 Å². The Morgan fingerprint density at radius 3 is 1.85 bits per heavy atom. The van der Waals surface area contributed by atoms with Gasteiger partial charge in [-0.1, -0.05) is 20.8 Å². The van der Waals surface area contributed by atoms with Gasteiger partial charge in [0.25, 0.3) is 0 Å². The number of carbonyl (C=O) groups excluding carboxylic acids is 2. The first-order valence-corrected chi connectivity index (χ1v) is 13.7. The van der Waals surface area contributed by atoms with Crippen molar-refractivity contribution in [1.29, 1.82) is 0 Å². The van der Waals surface area contributed by atoms with Crippen molar-refractivity contribution in [3.8, 4) is 0 Å². The molecule has 3 fully saturated rings. The predicted octanol–water partition coefficient (Wildman–Crippen LogP) is 3.14. The van der Waals surface area contributed by atoms with Crippen molar-refractivity contribution >= 4 is 12.1 Å². The molecule has 0 spiro atoms. The first-order valence-electron chi connectivity index (χ1n) is 13.7. The minimum Gasteiger partial charge on any atom is -0.338 e. The number of likely N-dealkylation sites (tertiary alicyclic amines) is 2. The maximum atomic E-state index is 12.5. The molecule has 8 heteroatoms. The van der Waals surface area contributed by atoms with Crippen LogP contribution in [0.1, 0.15) is 78.6 Å². The average Bonchev–Trinajstić information content (AvgIpc) is 3.46. The molecule has 8 nitrogen and oxygen atoms in total. The summed E-state index contributed by atoms with van der Waals surface area (Å²) in [6.07, 6.45) is 10.1. The van der Waals surface area contributed by atoms with E-state index in [4.69, 9.17) is 0 Å². The lowest BCUT2D eigenvalue weighted by atomic mass is 9.62. The lowest BCUT2D eigenvalue weighted by molar-refractivity contribution is 0.0749. The summed E-state index contributed by atoms with van der Waals surface area (Å²) in [5.41, 5.74) is 0.0803. The summed E-state index contributed by atoms with van der Waals surface area (Å²) in [6.45, 7) is 15.8. The van der Waals surface area contributed by atoms with Crippen LogP contribution in [0.5, 0.6) is 0 Å². The molecular weight excluding hydrogens is 428 g/mol. The SMILES string of the molecule is CC1(C)CC(NC(=O)NCCCN2CCCC2)CC(C)(CNC(=O)NCCCN2CCCC2)C1. The van der Waals surface area contributed by atoms with Gasteiger partial charge < -0.3 is 31.1 Å². The molecule has 2 unspecified atom stereocenters. The van der Waals surface area contributed by atoms with Crippen molar-refractivity contribution in [3.05, 3.63) is 0 Å². The molecule has 0 bridgehead atoms. The fraction of sp³-hybridized carbons (Fsp3) is 0.923. The van der Waals surface area contributed by atoms with Crippen LogP contribution >= 0.6 is 0 Å². The van der Waals surface area contributed by atoms with Crippen molar-refractivity contribution in [2.45, 2.75) is 84.6 Å². The van der Waals surface area contributed by atoms with E-state index in [1.54, 1.807) is 0 Å². The standard InChI is InChI=1S/C26H50N6O2/c1-25(2)18-22(30-24(34)28-11-9-17-32-14-6-7-15-32)19-26(3,20-25)21-29-23(33)27-10-8-16-31-12-4-5-13-31/h22H,4-21H2,1-3H3,(H2,27,29,33)(H2,28,30,34). The quantitative estimate of drug-likeness (QED) is 0.344. The molecular formula is C26H50N6O2. The van der Waals surface area contributed by atoms with Crippen LogP contribution in [0.25, 0.3) is 0 Å². The molecule has 2 heterocycles. The molecule has 34 heavy (non-hydrogen) atoms. The predicted molar refractivity (Wildman–Crippen MR) is 138 cm³/mol. The van der Waals surface area contributed by atoms with Gasteiger partial charge in [-0.05, 0) is 108 Å². The molecule has 4 amide bonds. The summed E-state index contributed by atoms with van der Waals surface area (Å²) in [6, 6.07) is -0.0147. The van der Waals surface area contributed by atoms with E-state index in [0.29, 0.717) is 13.1 Å². The van der Waals surface area contributed by atoms with E-state index in [0.717, 1.165) is 51.7 Å². The van der Waals surface area contributed by atoms with Gasteiger partial charge in [-0.3, -0.25) is 0 Å². The number of rotatable bonds is 11. The number of nitrogens with zero attached hydrogens (tertiary/aromatic N) is 2. The number of amides is 4. The second-order valence-corrected chi connectivity index (χ2v) is 12.1. The summed E-state index contributed by atoms with van der Waals surface area (Å²) in [4.78, 5) is 29.8. The molecule has 0 radical (unpaired) electrons. The lowest BCUT2D eigenvalue weighted by Gasteiger charge is -2.46. The summed E-state index contributed by atoms with van der Waals surface area (Å²) >= 11 is 0. The van der Waals surface area contributed by atoms with Crippen molar-refractivity contribution in [2.75, 3.05) is 58.9 Å². The van der Waals surface area contributed by atoms with Crippen molar-refractivity contribution in [3.63, 3.8) is 0 Å². The van der Waals surface area contributed by atoms with Crippen LogP contribution in [0.2, 0.25) is 0 Å². The van der Waals surface area contributed by atoms with Crippen molar-refractivity contribution < 1.29 is 9.59 Å². The Labute approximate surface area is 207 Å². The number of hydrogen-bond donors (Lipinski definition) is 4. The molecule has 196 valence electrons. The van der Waals surface area contributed by atoms with E-state index < -0.39 is 0 Å². The normalized spacial score (nSPS) is 27.4. The number of nitrogens with one attached hydrogen (secondary N) is 4. The minimum atomic E-state index is -0.0775. The molecule has 0 aromatic rings. The second kappa shape index (κ2) is 13.0. The largest absolute Gasteiger partial charge is 0.338 e. The zero-order valence-electron chi connectivity index (χ0n) is 22.0. The number of hydrogen-bond acceptors (Lipinski definition) is 4. The number of urea groups is 2. The van der Waals surface area contributed by atoms with Crippen LogP contribution in [0.3, 0.4) is 0 Å². The van der Waals surface area contributed by atoms with Gasteiger partial charge in [0.1, 0.15) is 0 Å². The van der Waals surface area contributed by atoms with E-state index in [1.807, 2.05) is 0 Å². The zero-order chi connectivity index (χ0) is 24.4. The molecule has 2 aliphatic heterocycles. The molecule has 2 atom stereocenters. The molecule has 0 aromatic heterocycles. The molecule has 0 aromatic carbocycles. The molecule has 1 saturated carbocycles. The zero-order valence-corrected chi connectivity index (χ0v) is 22.0. The number of carbonyl (C=O) groups is 2. The maximum Gasteiger partial charge on any atom is 0.315 e. The average molecular weight is 479 g/mol. The molecule has 3 aliphatic rings. The van der Waals surface area contributed by atoms with Gasteiger partial charge >= 0.3 is 12.1 Å². The van der Waals surface area contributed by atoms with Crippen molar-refractivity contribution in [2.24, 2.45) is 10.8 Å². The summed E-state index contributed by atoms with van der Waals surface area (Å²) in [7, 11) is 0. The fourth-order valence-electron chi connectivity index (χ4n) is 6.48. The molecule has 1 aliphatic carbocycles. The smallest absolute Gasteiger partial charge is 0.315 e. The second-order valence-electron chi connectivity index (χ2n) is 12.1. The maximum absolute atomic E-state index is 12.5. The van der Waals surface area contributed by atoms with Gasteiger partial charge in [0.2, 0.25) is 0 Å². The van der Waals surface area contributed by atoms with Gasteiger partial charge in [0.05, 0.1) is 0 Å². The van der Waals surface area contributed by atoms with Crippen molar-refractivity contribution in [1.82, 2.24) is 31.1 Å². The van der Waals surface area contributed by atoms with Gasteiger partial charge in [-0.2, -0.15) is 0 Å².